The van der Waals surface area contributed by atoms with Crippen LogP contribution >= 0.6 is 0 Å². The SMILES string of the molecule is CCCCC(C(=O)OCC(C)(C)N)[N+](=O)[O-]. The van der Waals surface area contributed by atoms with Crippen LogP contribution in [0.4, 0.5) is 0 Å². The first kappa shape index (κ1) is 14.8. The topological polar surface area (TPSA) is 95.5 Å². The number of nitrogens with two attached hydrogens (primary N) is 1. The van der Waals surface area contributed by atoms with Gasteiger partial charge in [0.2, 0.25) is 0 Å². The smallest absolute Gasteiger partial charge is 0.381 e. The number of nitrogens with zero attached hydrogens (tertiary/aromatic N) is 1. The number of unbranched alkanes of at least 4 members (excludes halogenated alkanes) is 1. The summed E-state index contributed by atoms with van der Waals surface area (Å²) < 4.78 is 4.82. The van der Waals surface area contributed by atoms with Crippen molar-refractivity contribution in [2.24, 2.45) is 5.73 Å². The van der Waals surface area contributed by atoms with E-state index in [9.17, 15) is 14.9 Å². The zero-order chi connectivity index (χ0) is 12.8. The fourth-order valence-electron chi connectivity index (χ4n) is 1.06. The molecule has 0 bridgehead atoms. The van der Waals surface area contributed by atoms with Crippen LogP contribution in [0.15, 0.2) is 0 Å². The van der Waals surface area contributed by atoms with Crippen molar-refractivity contribution in [3.05, 3.63) is 10.1 Å². The first-order chi connectivity index (χ1) is 7.28. The monoisotopic (exact) mass is 232 g/mol. The second-order valence-corrected chi connectivity index (χ2v) is 4.54. The Kier molecular flexibility index (Phi) is 5.95. The van der Waals surface area contributed by atoms with Gasteiger partial charge in [-0.15, -0.1) is 0 Å². The lowest BCUT2D eigenvalue weighted by atomic mass is 10.1. The summed E-state index contributed by atoms with van der Waals surface area (Å²) in [5.74, 6) is -0.794. The molecule has 0 saturated heterocycles. The van der Waals surface area contributed by atoms with Gasteiger partial charge in [-0.1, -0.05) is 13.3 Å². The van der Waals surface area contributed by atoms with E-state index in [1.165, 1.54) is 0 Å². The van der Waals surface area contributed by atoms with Gasteiger partial charge in [0.15, 0.2) is 0 Å². The van der Waals surface area contributed by atoms with Gasteiger partial charge >= 0.3 is 12.0 Å². The number of nitro groups is 1. The van der Waals surface area contributed by atoms with E-state index in [1.54, 1.807) is 13.8 Å². The first-order valence-electron chi connectivity index (χ1n) is 5.37. The first-order valence-corrected chi connectivity index (χ1v) is 5.37. The van der Waals surface area contributed by atoms with Crippen LogP contribution in [0.3, 0.4) is 0 Å². The molecular formula is C10H20N2O4. The highest BCUT2D eigenvalue weighted by Crippen LogP contribution is 2.07. The normalized spacial score (nSPS) is 13.2. The van der Waals surface area contributed by atoms with E-state index in [0.29, 0.717) is 6.42 Å². The van der Waals surface area contributed by atoms with Crippen molar-refractivity contribution in [3.8, 4) is 0 Å². The van der Waals surface area contributed by atoms with Crippen molar-refractivity contribution in [2.75, 3.05) is 6.61 Å². The van der Waals surface area contributed by atoms with Gasteiger partial charge in [0.05, 0.1) is 0 Å². The Labute approximate surface area is 95.3 Å². The summed E-state index contributed by atoms with van der Waals surface area (Å²) in [5.41, 5.74) is 4.95. The summed E-state index contributed by atoms with van der Waals surface area (Å²) >= 11 is 0. The third-order valence-corrected chi connectivity index (χ3v) is 1.94. The third-order valence-electron chi connectivity index (χ3n) is 1.94. The maximum atomic E-state index is 11.4. The lowest BCUT2D eigenvalue weighted by Gasteiger charge is -2.18. The van der Waals surface area contributed by atoms with E-state index < -0.39 is 22.5 Å². The summed E-state index contributed by atoms with van der Waals surface area (Å²) in [6, 6.07) is -1.26. The van der Waals surface area contributed by atoms with Gasteiger partial charge in [-0.05, 0) is 20.3 Å². The Morgan fingerprint density at radius 2 is 2.12 bits per heavy atom. The third kappa shape index (κ3) is 6.34. The highest BCUT2D eigenvalue weighted by molar-refractivity contribution is 5.74. The largest absolute Gasteiger partial charge is 0.459 e. The molecule has 0 amide bonds. The Hall–Kier alpha value is -1.17. The van der Waals surface area contributed by atoms with Gasteiger partial charge < -0.3 is 10.5 Å². The van der Waals surface area contributed by atoms with Crippen molar-refractivity contribution in [2.45, 2.75) is 51.6 Å². The maximum Gasteiger partial charge on any atom is 0.381 e. The van der Waals surface area contributed by atoms with Gasteiger partial charge in [0.25, 0.3) is 0 Å². The fourth-order valence-corrected chi connectivity index (χ4v) is 1.06. The van der Waals surface area contributed by atoms with Crippen LogP contribution in [0.5, 0.6) is 0 Å². The minimum Gasteiger partial charge on any atom is -0.459 e. The van der Waals surface area contributed by atoms with Gasteiger partial charge in [-0.25, -0.2) is 4.79 Å². The van der Waals surface area contributed by atoms with Gasteiger partial charge in [0.1, 0.15) is 6.61 Å². The average Bonchev–Trinajstić information content (AvgIpc) is 2.13. The van der Waals surface area contributed by atoms with E-state index in [1.807, 2.05) is 6.92 Å². The summed E-state index contributed by atoms with van der Waals surface area (Å²) in [6.07, 6.45) is 1.65. The summed E-state index contributed by atoms with van der Waals surface area (Å²) in [5, 5.41) is 10.6. The molecule has 16 heavy (non-hydrogen) atoms. The van der Waals surface area contributed by atoms with Crippen LogP contribution in [0.1, 0.15) is 40.0 Å². The van der Waals surface area contributed by atoms with Crippen molar-refractivity contribution < 1.29 is 14.5 Å². The number of carbonyl (C=O) groups is 1. The summed E-state index contributed by atoms with van der Waals surface area (Å²) in [6.45, 7) is 5.27. The highest BCUT2D eigenvalue weighted by Gasteiger charge is 2.31. The lowest BCUT2D eigenvalue weighted by molar-refractivity contribution is -0.511. The van der Waals surface area contributed by atoms with E-state index >= 15 is 0 Å². The molecule has 0 saturated carbocycles. The van der Waals surface area contributed by atoms with Crippen LogP contribution in [0, 0.1) is 10.1 Å². The van der Waals surface area contributed by atoms with Gasteiger partial charge in [-0.3, -0.25) is 10.1 Å². The second-order valence-electron chi connectivity index (χ2n) is 4.54. The minimum atomic E-state index is -1.26. The second kappa shape index (κ2) is 6.42. The van der Waals surface area contributed by atoms with Crippen molar-refractivity contribution in [1.82, 2.24) is 0 Å². The zero-order valence-corrected chi connectivity index (χ0v) is 10.1. The minimum absolute atomic E-state index is 0.0116. The van der Waals surface area contributed by atoms with Crippen LogP contribution in [0.25, 0.3) is 0 Å². The molecule has 0 aliphatic rings. The van der Waals surface area contributed by atoms with Crippen molar-refractivity contribution in [1.29, 1.82) is 0 Å². The molecule has 0 aromatic heterocycles. The predicted molar refractivity (Wildman–Crippen MR) is 59.5 cm³/mol. The van der Waals surface area contributed by atoms with E-state index in [2.05, 4.69) is 0 Å². The van der Waals surface area contributed by atoms with E-state index in [-0.39, 0.29) is 13.0 Å². The molecule has 0 aromatic rings. The molecule has 0 aromatic carbocycles. The quantitative estimate of drug-likeness (QED) is 0.403. The molecule has 1 unspecified atom stereocenters. The molecular weight excluding hydrogens is 212 g/mol. The highest BCUT2D eigenvalue weighted by atomic mass is 16.6. The van der Waals surface area contributed by atoms with Crippen LogP contribution < -0.4 is 5.73 Å². The Bertz CT molecular complexity index is 248. The zero-order valence-electron chi connectivity index (χ0n) is 10.1. The number of hydrogen-bond acceptors (Lipinski definition) is 5. The Morgan fingerprint density at radius 3 is 2.50 bits per heavy atom. The molecule has 0 radical (unpaired) electrons. The number of ether oxygens (including phenoxy) is 1. The molecule has 0 spiro atoms. The lowest BCUT2D eigenvalue weighted by Crippen LogP contribution is -2.41. The maximum absolute atomic E-state index is 11.4. The summed E-state index contributed by atoms with van der Waals surface area (Å²) in [4.78, 5) is 21.5. The van der Waals surface area contributed by atoms with Crippen molar-refractivity contribution in [3.63, 3.8) is 0 Å². The molecule has 94 valence electrons. The fraction of sp³-hybridized carbons (Fsp3) is 0.900. The van der Waals surface area contributed by atoms with Crippen LogP contribution in [0.2, 0.25) is 0 Å². The molecule has 6 heteroatoms. The van der Waals surface area contributed by atoms with Gasteiger partial charge in [0, 0.05) is 16.9 Å². The molecule has 0 aliphatic carbocycles. The molecule has 1 atom stereocenters. The number of carbonyl (C=O) groups excluding carboxylic acids is 1. The Morgan fingerprint density at radius 1 is 1.56 bits per heavy atom. The molecule has 6 nitrogen and oxygen atoms in total. The molecule has 0 aliphatic heterocycles. The Balaban J connectivity index is 4.23. The molecule has 0 heterocycles. The average molecular weight is 232 g/mol. The number of hydrogen-bond donors (Lipinski definition) is 1. The van der Waals surface area contributed by atoms with Crippen molar-refractivity contribution >= 4 is 5.97 Å². The van der Waals surface area contributed by atoms with Crippen LogP contribution in [-0.4, -0.2) is 29.1 Å². The molecule has 2 N–H and O–H groups in total. The predicted octanol–water partition coefficient (Wildman–Crippen LogP) is 1.10. The number of rotatable bonds is 7. The van der Waals surface area contributed by atoms with Crippen LogP contribution in [-0.2, 0) is 9.53 Å². The molecule has 0 fully saturated rings. The van der Waals surface area contributed by atoms with Gasteiger partial charge in [-0.2, -0.15) is 0 Å². The standard InChI is InChI=1S/C10H20N2O4/c1-4-5-6-8(12(14)15)9(13)16-7-10(2,3)11/h8H,4-7,11H2,1-3H3. The molecule has 0 rings (SSSR count). The van der Waals surface area contributed by atoms with E-state index in [0.717, 1.165) is 6.42 Å². The number of esters is 1. The van der Waals surface area contributed by atoms with E-state index in [4.69, 9.17) is 10.5 Å². The summed E-state index contributed by atoms with van der Waals surface area (Å²) in [7, 11) is 0.